The van der Waals surface area contributed by atoms with Gasteiger partial charge in [0.25, 0.3) is 0 Å². The summed E-state index contributed by atoms with van der Waals surface area (Å²) in [5, 5.41) is 4.94. The Bertz CT molecular complexity index is 552. The highest BCUT2D eigenvalue weighted by Crippen LogP contribution is 2.27. The summed E-state index contributed by atoms with van der Waals surface area (Å²) < 4.78 is 0. The van der Waals surface area contributed by atoms with Crippen LogP contribution in [0.5, 0.6) is 0 Å². The van der Waals surface area contributed by atoms with E-state index in [4.69, 9.17) is 23.2 Å². The van der Waals surface area contributed by atoms with Gasteiger partial charge in [0, 0.05) is 21.8 Å². The molecule has 0 aromatic heterocycles. The van der Waals surface area contributed by atoms with E-state index in [1.807, 2.05) is 49.4 Å². The van der Waals surface area contributed by atoms with E-state index >= 15 is 0 Å². The van der Waals surface area contributed by atoms with E-state index in [1.54, 1.807) is 0 Å². The Morgan fingerprint density at radius 2 is 1.72 bits per heavy atom. The summed E-state index contributed by atoms with van der Waals surface area (Å²) in [5.41, 5.74) is 3.15. The first-order valence-electron chi connectivity index (χ1n) is 5.85. The van der Waals surface area contributed by atoms with Gasteiger partial charge >= 0.3 is 0 Å². The normalized spacial score (nSPS) is 12.2. The van der Waals surface area contributed by atoms with Crippen molar-refractivity contribution in [3.63, 3.8) is 0 Å². The molecule has 1 nitrogen and oxygen atoms in total. The summed E-state index contributed by atoms with van der Waals surface area (Å²) in [6, 6.07) is 13.9. The van der Waals surface area contributed by atoms with Gasteiger partial charge in [0.05, 0.1) is 0 Å². The third kappa shape index (κ3) is 2.98. The van der Waals surface area contributed by atoms with Crippen LogP contribution in [-0.4, -0.2) is 0 Å². The molecule has 2 aromatic carbocycles. The Balaban J connectivity index is 2.19. The number of hydrogen-bond donors (Lipinski definition) is 1. The molecule has 1 atom stereocenters. The van der Waals surface area contributed by atoms with Gasteiger partial charge in [0.15, 0.2) is 0 Å². The van der Waals surface area contributed by atoms with Crippen molar-refractivity contribution in [2.24, 2.45) is 0 Å². The van der Waals surface area contributed by atoms with Crippen molar-refractivity contribution >= 4 is 28.9 Å². The number of aryl methyl sites for hydroxylation is 1. The first kappa shape index (κ1) is 13.3. The van der Waals surface area contributed by atoms with Gasteiger partial charge in [-0.25, -0.2) is 0 Å². The molecular weight excluding hydrogens is 265 g/mol. The van der Waals surface area contributed by atoms with Gasteiger partial charge in [0.2, 0.25) is 0 Å². The summed E-state index contributed by atoms with van der Waals surface area (Å²) in [6.07, 6.45) is 0. The second-order valence-electron chi connectivity index (χ2n) is 4.35. The molecule has 0 aliphatic heterocycles. The summed E-state index contributed by atoms with van der Waals surface area (Å²) in [4.78, 5) is 0. The molecule has 2 aromatic rings. The predicted octanol–water partition coefficient (Wildman–Crippen LogP) is 5.47. The molecule has 2 rings (SSSR count). The Morgan fingerprint density at radius 1 is 1.00 bits per heavy atom. The molecule has 0 spiro atoms. The molecule has 1 N–H and O–H groups in total. The summed E-state index contributed by atoms with van der Waals surface area (Å²) >= 11 is 12.3. The van der Waals surface area contributed by atoms with Crippen molar-refractivity contribution < 1.29 is 0 Å². The smallest absolute Gasteiger partial charge is 0.0500 e. The van der Waals surface area contributed by atoms with E-state index in [0.717, 1.165) is 26.9 Å². The third-order valence-electron chi connectivity index (χ3n) is 2.93. The average molecular weight is 280 g/mol. The fourth-order valence-electron chi connectivity index (χ4n) is 1.84. The zero-order chi connectivity index (χ0) is 13.1. The van der Waals surface area contributed by atoms with Crippen LogP contribution in [0.1, 0.15) is 24.1 Å². The monoisotopic (exact) mass is 279 g/mol. The average Bonchev–Trinajstić information content (AvgIpc) is 2.34. The zero-order valence-corrected chi connectivity index (χ0v) is 11.9. The first-order chi connectivity index (χ1) is 8.58. The number of benzene rings is 2. The highest BCUT2D eigenvalue weighted by atomic mass is 35.5. The van der Waals surface area contributed by atoms with E-state index < -0.39 is 0 Å². The molecule has 0 saturated carbocycles. The van der Waals surface area contributed by atoms with Crippen LogP contribution in [0, 0.1) is 6.92 Å². The SMILES string of the molecule is Cc1ccc(NC(C)c2ccccc2Cl)cc1Cl. The molecule has 0 heterocycles. The van der Waals surface area contributed by atoms with Gasteiger partial charge in [-0.2, -0.15) is 0 Å². The maximum absolute atomic E-state index is 6.18. The van der Waals surface area contributed by atoms with Crippen molar-refractivity contribution in [3.8, 4) is 0 Å². The lowest BCUT2D eigenvalue weighted by Crippen LogP contribution is -2.07. The second kappa shape index (κ2) is 5.64. The maximum atomic E-state index is 6.18. The molecule has 94 valence electrons. The van der Waals surface area contributed by atoms with Gasteiger partial charge in [-0.1, -0.05) is 47.5 Å². The second-order valence-corrected chi connectivity index (χ2v) is 5.17. The molecule has 18 heavy (non-hydrogen) atoms. The summed E-state index contributed by atoms with van der Waals surface area (Å²) in [7, 11) is 0. The van der Waals surface area contributed by atoms with Crippen LogP contribution in [0.2, 0.25) is 10.0 Å². The van der Waals surface area contributed by atoms with Crippen molar-refractivity contribution in [3.05, 3.63) is 63.6 Å². The minimum absolute atomic E-state index is 0.137. The summed E-state index contributed by atoms with van der Waals surface area (Å²) in [6.45, 7) is 4.07. The number of anilines is 1. The lowest BCUT2D eigenvalue weighted by molar-refractivity contribution is 0.885. The van der Waals surface area contributed by atoms with Gasteiger partial charge < -0.3 is 5.32 Å². The lowest BCUT2D eigenvalue weighted by atomic mass is 10.1. The maximum Gasteiger partial charge on any atom is 0.0500 e. The van der Waals surface area contributed by atoms with E-state index in [0.29, 0.717) is 0 Å². The molecule has 0 radical (unpaired) electrons. The van der Waals surface area contributed by atoms with Crippen LogP contribution in [0.3, 0.4) is 0 Å². The van der Waals surface area contributed by atoms with Crippen LogP contribution in [0.15, 0.2) is 42.5 Å². The van der Waals surface area contributed by atoms with Gasteiger partial charge in [0.1, 0.15) is 0 Å². The van der Waals surface area contributed by atoms with Crippen molar-refractivity contribution in [2.75, 3.05) is 5.32 Å². The Labute approximate surface area is 118 Å². The van der Waals surface area contributed by atoms with Crippen molar-refractivity contribution in [1.29, 1.82) is 0 Å². The molecule has 0 fully saturated rings. The van der Waals surface area contributed by atoms with Crippen LogP contribution in [-0.2, 0) is 0 Å². The van der Waals surface area contributed by atoms with Gasteiger partial charge in [-0.3, -0.25) is 0 Å². The Morgan fingerprint density at radius 3 is 2.39 bits per heavy atom. The van der Waals surface area contributed by atoms with E-state index in [9.17, 15) is 0 Å². The van der Waals surface area contributed by atoms with Crippen LogP contribution in [0.4, 0.5) is 5.69 Å². The predicted molar refractivity (Wildman–Crippen MR) is 79.7 cm³/mol. The van der Waals surface area contributed by atoms with Gasteiger partial charge in [-0.05, 0) is 43.2 Å². The third-order valence-corrected chi connectivity index (χ3v) is 3.68. The standard InChI is InChI=1S/C15H15Cl2N/c1-10-7-8-12(9-15(10)17)18-11(2)13-5-3-4-6-14(13)16/h3-9,11,18H,1-2H3. The zero-order valence-electron chi connectivity index (χ0n) is 10.4. The molecule has 0 saturated heterocycles. The highest BCUT2D eigenvalue weighted by molar-refractivity contribution is 6.31. The minimum atomic E-state index is 0.137. The number of rotatable bonds is 3. The summed E-state index contributed by atoms with van der Waals surface area (Å²) in [5.74, 6) is 0. The quantitative estimate of drug-likeness (QED) is 0.785. The van der Waals surface area contributed by atoms with Crippen molar-refractivity contribution in [2.45, 2.75) is 19.9 Å². The Kier molecular flexibility index (Phi) is 4.15. The minimum Gasteiger partial charge on any atom is -0.378 e. The van der Waals surface area contributed by atoms with Crippen LogP contribution in [0.25, 0.3) is 0 Å². The fraction of sp³-hybridized carbons (Fsp3) is 0.200. The lowest BCUT2D eigenvalue weighted by Gasteiger charge is -2.17. The molecular formula is C15H15Cl2N. The molecule has 0 aliphatic carbocycles. The largest absolute Gasteiger partial charge is 0.378 e. The van der Waals surface area contributed by atoms with E-state index in [-0.39, 0.29) is 6.04 Å². The van der Waals surface area contributed by atoms with E-state index in [1.165, 1.54) is 0 Å². The van der Waals surface area contributed by atoms with Crippen LogP contribution >= 0.6 is 23.2 Å². The molecule has 0 amide bonds. The topological polar surface area (TPSA) is 12.0 Å². The molecule has 1 unspecified atom stereocenters. The molecule has 3 heteroatoms. The fourth-order valence-corrected chi connectivity index (χ4v) is 2.32. The van der Waals surface area contributed by atoms with E-state index in [2.05, 4.69) is 12.2 Å². The number of halogens is 2. The number of hydrogen-bond acceptors (Lipinski definition) is 1. The van der Waals surface area contributed by atoms with Crippen LogP contribution < -0.4 is 5.32 Å². The Hall–Kier alpha value is -1.18. The van der Waals surface area contributed by atoms with Crippen molar-refractivity contribution in [1.82, 2.24) is 0 Å². The van der Waals surface area contributed by atoms with Gasteiger partial charge in [-0.15, -0.1) is 0 Å². The number of nitrogens with one attached hydrogen (secondary N) is 1. The molecule has 0 bridgehead atoms. The highest BCUT2D eigenvalue weighted by Gasteiger charge is 2.09. The molecule has 0 aliphatic rings. The first-order valence-corrected chi connectivity index (χ1v) is 6.60.